The molecule has 1 aromatic carbocycles. The lowest BCUT2D eigenvalue weighted by molar-refractivity contribution is 0.172. The number of rotatable bonds is 5. The van der Waals surface area contributed by atoms with Crippen LogP contribution in [0.15, 0.2) is 18.2 Å². The van der Waals surface area contributed by atoms with Crippen molar-refractivity contribution in [3.8, 4) is 0 Å². The second kappa shape index (κ2) is 6.81. The number of hydrogen-bond donors (Lipinski definition) is 3. The van der Waals surface area contributed by atoms with Gasteiger partial charge in [-0.25, -0.2) is 4.79 Å². The van der Waals surface area contributed by atoms with Gasteiger partial charge in [0.25, 0.3) is 0 Å². The van der Waals surface area contributed by atoms with Crippen LogP contribution in [0.25, 0.3) is 0 Å². The maximum atomic E-state index is 12.0. The van der Waals surface area contributed by atoms with Gasteiger partial charge in [-0.05, 0) is 25.5 Å². The van der Waals surface area contributed by atoms with Gasteiger partial charge in [0.2, 0.25) is 0 Å². The minimum Gasteiger partial charge on any atom is -0.394 e. The van der Waals surface area contributed by atoms with Crippen LogP contribution in [0.3, 0.4) is 0 Å². The maximum absolute atomic E-state index is 12.0. The summed E-state index contributed by atoms with van der Waals surface area (Å²) in [5, 5.41) is 15.4. The number of benzene rings is 1. The lowest BCUT2D eigenvalue weighted by Gasteiger charge is -2.28. The summed E-state index contributed by atoms with van der Waals surface area (Å²) in [5.74, 6) is 0. The van der Waals surface area contributed by atoms with E-state index in [4.69, 9.17) is 11.6 Å². The number of aliphatic hydroxyl groups is 1. The minimum absolute atomic E-state index is 0.118. The Morgan fingerprint density at radius 1 is 1.45 bits per heavy atom. The van der Waals surface area contributed by atoms with E-state index in [2.05, 4.69) is 10.6 Å². The van der Waals surface area contributed by atoms with Crippen molar-refractivity contribution in [1.29, 1.82) is 0 Å². The van der Waals surface area contributed by atoms with Gasteiger partial charge in [-0.1, -0.05) is 24.6 Å². The van der Waals surface area contributed by atoms with Gasteiger partial charge in [-0.3, -0.25) is 0 Å². The summed E-state index contributed by atoms with van der Waals surface area (Å²) in [6.45, 7) is 3.57. The fourth-order valence-corrected chi connectivity index (χ4v) is 2.08. The third-order valence-electron chi connectivity index (χ3n) is 3.23. The van der Waals surface area contributed by atoms with Gasteiger partial charge >= 0.3 is 6.03 Å². The second-order valence-corrected chi connectivity index (χ2v) is 5.59. The van der Waals surface area contributed by atoms with Crippen LogP contribution in [0.5, 0.6) is 0 Å². The first-order valence-corrected chi connectivity index (χ1v) is 6.86. The SMILES string of the molecule is CCC(C)(CO)NC(=O)Nc1cccc(Cl)c1N(C)C. The molecule has 3 N–H and O–H groups in total. The lowest BCUT2D eigenvalue weighted by Crippen LogP contribution is -2.50. The number of aliphatic hydroxyl groups excluding tert-OH is 1. The van der Waals surface area contributed by atoms with E-state index in [-0.39, 0.29) is 12.6 Å². The van der Waals surface area contributed by atoms with Crippen LogP contribution >= 0.6 is 11.6 Å². The topological polar surface area (TPSA) is 64.6 Å². The Labute approximate surface area is 124 Å². The van der Waals surface area contributed by atoms with Crippen LogP contribution in [0.1, 0.15) is 20.3 Å². The van der Waals surface area contributed by atoms with Crippen molar-refractivity contribution in [1.82, 2.24) is 5.32 Å². The number of urea groups is 1. The summed E-state index contributed by atoms with van der Waals surface area (Å²) >= 11 is 6.14. The maximum Gasteiger partial charge on any atom is 0.319 e. The highest BCUT2D eigenvalue weighted by Crippen LogP contribution is 2.32. The first kappa shape index (κ1) is 16.6. The van der Waals surface area contributed by atoms with E-state index in [0.717, 1.165) is 5.69 Å². The number of nitrogens with one attached hydrogen (secondary N) is 2. The van der Waals surface area contributed by atoms with Crippen LogP contribution in [0, 0.1) is 0 Å². The Bertz CT molecular complexity index is 473. The molecule has 0 radical (unpaired) electrons. The average Bonchev–Trinajstić information content (AvgIpc) is 2.38. The first-order chi connectivity index (χ1) is 9.33. The molecule has 0 fully saturated rings. The van der Waals surface area contributed by atoms with Crippen LogP contribution in [-0.2, 0) is 0 Å². The van der Waals surface area contributed by atoms with Gasteiger partial charge in [0, 0.05) is 14.1 Å². The van der Waals surface area contributed by atoms with E-state index in [1.807, 2.05) is 25.9 Å². The van der Waals surface area contributed by atoms with E-state index in [1.165, 1.54) is 0 Å². The summed E-state index contributed by atoms with van der Waals surface area (Å²) in [6, 6.07) is 4.96. The summed E-state index contributed by atoms with van der Waals surface area (Å²) in [5.41, 5.74) is 0.726. The number of carbonyl (C=O) groups excluding carboxylic acids is 1. The van der Waals surface area contributed by atoms with Crippen molar-refractivity contribution in [3.05, 3.63) is 23.2 Å². The quantitative estimate of drug-likeness (QED) is 0.783. The van der Waals surface area contributed by atoms with E-state index in [1.54, 1.807) is 25.1 Å². The molecule has 20 heavy (non-hydrogen) atoms. The Morgan fingerprint density at radius 2 is 2.10 bits per heavy atom. The van der Waals surface area contributed by atoms with Crippen molar-refractivity contribution in [3.63, 3.8) is 0 Å². The van der Waals surface area contributed by atoms with Gasteiger partial charge in [0.05, 0.1) is 28.5 Å². The molecule has 0 heterocycles. The number of hydrogen-bond acceptors (Lipinski definition) is 3. The Balaban J connectivity index is 2.89. The van der Waals surface area contributed by atoms with Gasteiger partial charge < -0.3 is 20.6 Å². The number of anilines is 2. The van der Waals surface area contributed by atoms with Crippen LogP contribution < -0.4 is 15.5 Å². The van der Waals surface area contributed by atoms with Crippen molar-refractivity contribution >= 4 is 29.0 Å². The van der Waals surface area contributed by atoms with Crippen LogP contribution in [0.2, 0.25) is 5.02 Å². The Morgan fingerprint density at radius 3 is 2.60 bits per heavy atom. The molecule has 0 aliphatic heterocycles. The number of amides is 2. The molecule has 1 atom stereocenters. The third kappa shape index (κ3) is 4.02. The zero-order valence-electron chi connectivity index (χ0n) is 12.3. The fourth-order valence-electron chi connectivity index (χ4n) is 1.74. The molecule has 2 amide bonds. The largest absolute Gasteiger partial charge is 0.394 e. The number of nitrogens with zero attached hydrogens (tertiary/aromatic N) is 1. The summed E-state index contributed by atoms with van der Waals surface area (Å²) < 4.78 is 0. The highest BCUT2D eigenvalue weighted by atomic mass is 35.5. The molecule has 5 nitrogen and oxygen atoms in total. The van der Waals surface area contributed by atoms with Gasteiger partial charge in [-0.15, -0.1) is 0 Å². The normalized spacial score (nSPS) is 13.5. The van der Waals surface area contributed by atoms with E-state index in [9.17, 15) is 9.90 Å². The number of para-hydroxylation sites is 1. The fraction of sp³-hybridized carbons (Fsp3) is 0.500. The van der Waals surface area contributed by atoms with Crippen molar-refractivity contribution in [2.75, 3.05) is 30.9 Å². The molecule has 0 aliphatic carbocycles. The minimum atomic E-state index is -0.638. The summed E-state index contributed by atoms with van der Waals surface area (Å²) in [7, 11) is 3.71. The molecule has 0 saturated carbocycles. The van der Waals surface area contributed by atoms with Crippen molar-refractivity contribution in [2.24, 2.45) is 0 Å². The first-order valence-electron chi connectivity index (χ1n) is 6.49. The smallest absolute Gasteiger partial charge is 0.319 e. The van der Waals surface area contributed by atoms with Crippen LogP contribution in [-0.4, -0.2) is 37.4 Å². The van der Waals surface area contributed by atoms with Gasteiger partial charge in [0.15, 0.2) is 0 Å². The number of carbonyl (C=O) groups is 1. The van der Waals surface area contributed by atoms with E-state index in [0.29, 0.717) is 17.1 Å². The molecule has 1 aromatic rings. The van der Waals surface area contributed by atoms with E-state index < -0.39 is 5.54 Å². The lowest BCUT2D eigenvalue weighted by atomic mass is 10.0. The zero-order chi connectivity index (χ0) is 15.3. The predicted octanol–water partition coefficient (Wildman–Crippen LogP) is 2.69. The molecule has 112 valence electrons. The predicted molar refractivity (Wildman–Crippen MR) is 83.7 cm³/mol. The highest BCUT2D eigenvalue weighted by Gasteiger charge is 2.23. The van der Waals surface area contributed by atoms with Crippen molar-refractivity contribution in [2.45, 2.75) is 25.8 Å². The standard InChI is InChI=1S/C14H22ClN3O2/c1-5-14(2,9-19)17-13(20)16-11-8-6-7-10(15)12(11)18(3)4/h6-8,19H,5,9H2,1-4H3,(H2,16,17,20). The molecule has 0 saturated heterocycles. The third-order valence-corrected chi connectivity index (χ3v) is 3.53. The molecular weight excluding hydrogens is 278 g/mol. The molecule has 0 bridgehead atoms. The molecule has 1 rings (SSSR count). The Kier molecular flexibility index (Phi) is 5.65. The average molecular weight is 300 g/mol. The molecule has 0 spiro atoms. The monoisotopic (exact) mass is 299 g/mol. The highest BCUT2D eigenvalue weighted by molar-refractivity contribution is 6.34. The summed E-state index contributed by atoms with van der Waals surface area (Å²) in [6.07, 6.45) is 0.632. The zero-order valence-corrected chi connectivity index (χ0v) is 13.1. The van der Waals surface area contributed by atoms with E-state index >= 15 is 0 Å². The second-order valence-electron chi connectivity index (χ2n) is 5.18. The molecule has 0 aromatic heterocycles. The molecule has 1 unspecified atom stereocenters. The molecular formula is C14H22ClN3O2. The van der Waals surface area contributed by atoms with Gasteiger partial charge in [-0.2, -0.15) is 0 Å². The molecule has 6 heteroatoms. The number of halogens is 1. The van der Waals surface area contributed by atoms with Crippen LogP contribution in [0.4, 0.5) is 16.2 Å². The Hall–Kier alpha value is -1.46. The van der Waals surface area contributed by atoms with Gasteiger partial charge in [0.1, 0.15) is 0 Å². The molecule has 0 aliphatic rings. The van der Waals surface area contributed by atoms with Crippen molar-refractivity contribution < 1.29 is 9.90 Å². The summed E-state index contributed by atoms with van der Waals surface area (Å²) in [4.78, 5) is 13.9.